The standard InChI is InChI=1S/C7H10ClN3OS/c1-4(9)6(12)10-2-5-3-11-7(8)13-5/h3-4H,2,9H2,1H3,(H,10,12)/t4-/m0/s1. The zero-order valence-corrected chi connectivity index (χ0v) is 8.65. The summed E-state index contributed by atoms with van der Waals surface area (Å²) >= 11 is 6.95. The lowest BCUT2D eigenvalue weighted by molar-refractivity contribution is -0.122. The number of carbonyl (C=O) groups excluding carboxylic acids is 1. The molecule has 1 heterocycles. The van der Waals surface area contributed by atoms with E-state index in [9.17, 15) is 4.79 Å². The van der Waals surface area contributed by atoms with Crippen LogP contribution in [-0.4, -0.2) is 16.9 Å². The molecule has 72 valence electrons. The highest BCUT2D eigenvalue weighted by Gasteiger charge is 2.07. The van der Waals surface area contributed by atoms with Gasteiger partial charge in [-0.15, -0.1) is 11.3 Å². The van der Waals surface area contributed by atoms with E-state index < -0.39 is 6.04 Å². The molecule has 1 atom stereocenters. The van der Waals surface area contributed by atoms with Gasteiger partial charge in [-0.05, 0) is 6.92 Å². The van der Waals surface area contributed by atoms with Crippen molar-refractivity contribution >= 4 is 28.8 Å². The van der Waals surface area contributed by atoms with Gasteiger partial charge in [0.2, 0.25) is 5.91 Å². The van der Waals surface area contributed by atoms with Crippen LogP contribution < -0.4 is 11.1 Å². The monoisotopic (exact) mass is 219 g/mol. The summed E-state index contributed by atoms with van der Waals surface area (Å²) in [5, 5.41) is 2.66. The fourth-order valence-corrected chi connectivity index (χ4v) is 1.62. The number of nitrogens with two attached hydrogens (primary N) is 1. The average Bonchev–Trinajstić information content (AvgIpc) is 2.47. The van der Waals surface area contributed by atoms with Crippen LogP contribution in [0.2, 0.25) is 4.47 Å². The zero-order chi connectivity index (χ0) is 9.84. The fraction of sp³-hybridized carbons (Fsp3) is 0.429. The molecule has 0 radical (unpaired) electrons. The van der Waals surface area contributed by atoms with E-state index >= 15 is 0 Å². The smallest absolute Gasteiger partial charge is 0.236 e. The van der Waals surface area contributed by atoms with E-state index in [2.05, 4.69) is 10.3 Å². The first kappa shape index (κ1) is 10.4. The molecule has 1 aromatic rings. The normalized spacial score (nSPS) is 12.5. The average molecular weight is 220 g/mol. The van der Waals surface area contributed by atoms with Gasteiger partial charge in [-0.25, -0.2) is 4.98 Å². The third-order valence-corrected chi connectivity index (χ3v) is 2.49. The minimum absolute atomic E-state index is 0.176. The Labute approximate surface area is 85.1 Å². The van der Waals surface area contributed by atoms with Crippen molar-refractivity contribution in [1.82, 2.24) is 10.3 Å². The lowest BCUT2D eigenvalue weighted by Crippen LogP contribution is -2.37. The summed E-state index contributed by atoms with van der Waals surface area (Å²) in [5.41, 5.74) is 5.35. The molecule has 0 aliphatic heterocycles. The van der Waals surface area contributed by atoms with Crippen molar-refractivity contribution in [1.29, 1.82) is 0 Å². The Balaban J connectivity index is 2.39. The Morgan fingerprint density at radius 1 is 1.92 bits per heavy atom. The molecule has 13 heavy (non-hydrogen) atoms. The highest BCUT2D eigenvalue weighted by molar-refractivity contribution is 7.15. The molecule has 1 rings (SSSR count). The lowest BCUT2D eigenvalue weighted by atomic mass is 10.3. The van der Waals surface area contributed by atoms with E-state index in [0.717, 1.165) is 4.88 Å². The molecule has 0 unspecified atom stereocenters. The number of nitrogens with one attached hydrogen (secondary N) is 1. The lowest BCUT2D eigenvalue weighted by Gasteiger charge is -2.05. The van der Waals surface area contributed by atoms with Gasteiger partial charge in [0, 0.05) is 11.1 Å². The molecular weight excluding hydrogens is 210 g/mol. The Morgan fingerprint density at radius 2 is 2.62 bits per heavy atom. The van der Waals surface area contributed by atoms with Crippen LogP contribution in [0.4, 0.5) is 0 Å². The molecule has 3 N–H and O–H groups in total. The van der Waals surface area contributed by atoms with Crippen LogP contribution in [0, 0.1) is 0 Å². The minimum atomic E-state index is -0.483. The molecule has 0 saturated heterocycles. The minimum Gasteiger partial charge on any atom is -0.350 e. The van der Waals surface area contributed by atoms with E-state index in [4.69, 9.17) is 17.3 Å². The molecule has 0 aliphatic carbocycles. The summed E-state index contributed by atoms with van der Waals surface area (Å²) in [7, 11) is 0. The van der Waals surface area contributed by atoms with Crippen molar-refractivity contribution in [3.63, 3.8) is 0 Å². The molecule has 0 aromatic carbocycles. The van der Waals surface area contributed by atoms with Crippen molar-refractivity contribution < 1.29 is 4.79 Å². The van der Waals surface area contributed by atoms with Crippen LogP contribution in [-0.2, 0) is 11.3 Å². The highest BCUT2D eigenvalue weighted by Crippen LogP contribution is 2.16. The van der Waals surface area contributed by atoms with Crippen LogP contribution in [0.5, 0.6) is 0 Å². The number of hydrogen-bond donors (Lipinski definition) is 2. The first-order chi connectivity index (χ1) is 6.09. The third kappa shape index (κ3) is 3.30. The van der Waals surface area contributed by atoms with Gasteiger partial charge >= 0.3 is 0 Å². The molecule has 1 aromatic heterocycles. The number of nitrogens with zero attached hydrogens (tertiary/aromatic N) is 1. The van der Waals surface area contributed by atoms with Crippen LogP contribution >= 0.6 is 22.9 Å². The van der Waals surface area contributed by atoms with E-state index in [1.54, 1.807) is 13.1 Å². The number of rotatable bonds is 3. The first-order valence-electron chi connectivity index (χ1n) is 3.73. The summed E-state index contributed by atoms with van der Waals surface area (Å²) in [5.74, 6) is -0.176. The summed E-state index contributed by atoms with van der Waals surface area (Å²) < 4.78 is 0.477. The number of amides is 1. The third-order valence-electron chi connectivity index (χ3n) is 1.38. The molecule has 0 fully saturated rings. The second-order valence-corrected chi connectivity index (χ2v) is 4.28. The van der Waals surface area contributed by atoms with E-state index in [1.807, 2.05) is 0 Å². The molecule has 4 nitrogen and oxygen atoms in total. The Kier molecular flexibility index (Phi) is 3.65. The van der Waals surface area contributed by atoms with E-state index in [-0.39, 0.29) is 5.91 Å². The summed E-state index contributed by atoms with van der Waals surface area (Å²) in [6, 6.07) is -0.483. The second kappa shape index (κ2) is 4.55. The van der Waals surface area contributed by atoms with Gasteiger partial charge in [-0.1, -0.05) is 11.6 Å². The van der Waals surface area contributed by atoms with Crippen molar-refractivity contribution in [3.05, 3.63) is 15.5 Å². The van der Waals surface area contributed by atoms with Crippen LogP contribution in [0.3, 0.4) is 0 Å². The topological polar surface area (TPSA) is 68.0 Å². The maximum absolute atomic E-state index is 11.0. The number of thiazole rings is 1. The predicted octanol–water partition coefficient (Wildman–Crippen LogP) is 0.760. The largest absolute Gasteiger partial charge is 0.350 e. The number of carbonyl (C=O) groups is 1. The van der Waals surface area contributed by atoms with Crippen molar-refractivity contribution in [2.24, 2.45) is 5.73 Å². The van der Waals surface area contributed by atoms with Crippen LogP contribution in [0.25, 0.3) is 0 Å². The number of hydrogen-bond acceptors (Lipinski definition) is 4. The van der Waals surface area contributed by atoms with Gasteiger partial charge in [0.05, 0.1) is 12.6 Å². The summed E-state index contributed by atoms with van der Waals surface area (Å²) in [4.78, 5) is 15.8. The second-order valence-electron chi connectivity index (χ2n) is 2.59. The molecule has 0 bridgehead atoms. The molecule has 0 spiro atoms. The first-order valence-corrected chi connectivity index (χ1v) is 4.92. The van der Waals surface area contributed by atoms with Gasteiger partial charge in [0.25, 0.3) is 0 Å². The Bertz CT molecular complexity index is 300. The van der Waals surface area contributed by atoms with Crippen molar-refractivity contribution in [2.45, 2.75) is 19.5 Å². The molecule has 0 aliphatic rings. The number of halogens is 1. The van der Waals surface area contributed by atoms with Crippen LogP contribution in [0.1, 0.15) is 11.8 Å². The van der Waals surface area contributed by atoms with Gasteiger partial charge in [0.15, 0.2) is 4.47 Å². The predicted molar refractivity (Wildman–Crippen MR) is 52.6 cm³/mol. The van der Waals surface area contributed by atoms with Crippen molar-refractivity contribution in [2.75, 3.05) is 0 Å². The van der Waals surface area contributed by atoms with Gasteiger partial charge < -0.3 is 11.1 Å². The Morgan fingerprint density at radius 3 is 3.08 bits per heavy atom. The summed E-state index contributed by atoms with van der Waals surface area (Å²) in [6.45, 7) is 2.07. The maximum atomic E-state index is 11.0. The van der Waals surface area contributed by atoms with Gasteiger partial charge in [0.1, 0.15) is 0 Å². The molecule has 1 amide bonds. The number of aromatic nitrogens is 1. The quantitative estimate of drug-likeness (QED) is 0.789. The van der Waals surface area contributed by atoms with Gasteiger partial charge in [-0.2, -0.15) is 0 Å². The van der Waals surface area contributed by atoms with Crippen LogP contribution in [0.15, 0.2) is 6.20 Å². The SMILES string of the molecule is C[C@H](N)C(=O)NCc1cnc(Cl)s1. The molecular formula is C7H10ClN3OS. The van der Waals surface area contributed by atoms with Crippen molar-refractivity contribution in [3.8, 4) is 0 Å². The van der Waals surface area contributed by atoms with E-state index in [1.165, 1.54) is 11.3 Å². The fourth-order valence-electron chi connectivity index (χ4n) is 0.701. The zero-order valence-electron chi connectivity index (χ0n) is 7.08. The van der Waals surface area contributed by atoms with Gasteiger partial charge in [-0.3, -0.25) is 4.79 Å². The van der Waals surface area contributed by atoms with E-state index in [0.29, 0.717) is 11.0 Å². The molecule has 6 heteroatoms. The Hall–Kier alpha value is -0.650. The summed E-state index contributed by atoms with van der Waals surface area (Å²) in [6.07, 6.45) is 1.63. The molecule has 0 saturated carbocycles. The highest BCUT2D eigenvalue weighted by atomic mass is 35.5. The maximum Gasteiger partial charge on any atom is 0.236 e.